The predicted octanol–water partition coefficient (Wildman–Crippen LogP) is 5.64. The zero-order valence-electron chi connectivity index (χ0n) is 13.0. The maximum absolute atomic E-state index is 2.71. The van der Waals surface area contributed by atoms with Gasteiger partial charge in [0, 0.05) is 0 Å². The molecule has 0 saturated carbocycles. The molecule has 2 heteroatoms. The van der Waals surface area contributed by atoms with Gasteiger partial charge in [-0.1, -0.05) is 0 Å². The van der Waals surface area contributed by atoms with Gasteiger partial charge < -0.3 is 0 Å². The van der Waals surface area contributed by atoms with Crippen LogP contribution in [0.15, 0.2) is 52.4 Å². The molecule has 2 aliphatic carbocycles. The average Bonchev–Trinajstić information content (AvgIpc) is 3.09. The predicted molar refractivity (Wildman–Crippen MR) is 89.3 cm³/mol. The van der Waals surface area contributed by atoms with Crippen LogP contribution in [0.25, 0.3) is 6.08 Å². The first kappa shape index (κ1) is 14.3. The number of benzene rings is 1. The van der Waals surface area contributed by atoms with Crippen LogP contribution < -0.4 is 0 Å². The second kappa shape index (κ2) is 4.69. The van der Waals surface area contributed by atoms with E-state index in [1.54, 1.807) is 9.44 Å². The number of fused-ring (bicyclic) bond motifs is 1. The molecule has 0 fully saturated rings. The SMILES string of the molecule is C[Si](C)=[Ti]([CH3])([CH3])([C]1=CC=CC1)[CH]1C=Cc2ccccc21. The zero-order valence-corrected chi connectivity index (χ0v) is 15.5. The first-order valence-electron chi connectivity index (χ1n) is 7.58. The minimum atomic E-state index is -2.71. The van der Waals surface area contributed by atoms with Gasteiger partial charge in [0.05, 0.1) is 0 Å². The Morgan fingerprint density at radius 2 is 1.90 bits per heavy atom. The molecule has 0 bridgehead atoms. The summed E-state index contributed by atoms with van der Waals surface area (Å²) in [7, 11) is 0. The van der Waals surface area contributed by atoms with Crippen molar-refractivity contribution < 1.29 is 14.0 Å². The normalized spacial score (nSPS) is 21.1. The molecule has 0 radical (unpaired) electrons. The first-order chi connectivity index (χ1) is 9.44. The van der Waals surface area contributed by atoms with E-state index in [9.17, 15) is 0 Å². The standard InChI is InChI=1S/C9H7.C5H5.C2H6Si.2CH3.Ti/c1-2-5-9-7-3-6-8(9)4-1;1-2-4-5-3-1;1-3-2;;;/h1-7H;1-3H,4H2;1-2H3;2*1H3;. The summed E-state index contributed by atoms with van der Waals surface area (Å²) in [5, 5.41) is 5.39. The van der Waals surface area contributed by atoms with E-state index in [4.69, 9.17) is 0 Å². The van der Waals surface area contributed by atoms with Crippen LogP contribution in [0.5, 0.6) is 0 Å². The fraction of sp³-hybridized carbons (Fsp3) is 0.333. The second-order valence-corrected chi connectivity index (χ2v) is 30.1. The van der Waals surface area contributed by atoms with Gasteiger partial charge in [0.1, 0.15) is 0 Å². The Balaban J connectivity index is 2.26. The van der Waals surface area contributed by atoms with Gasteiger partial charge in [-0.25, -0.2) is 0 Å². The number of hydrogen-bond acceptors (Lipinski definition) is 0. The molecule has 104 valence electrons. The van der Waals surface area contributed by atoms with Gasteiger partial charge in [0.15, 0.2) is 0 Å². The van der Waals surface area contributed by atoms with E-state index in [1.165, 1.54) is 12.0 Å². The molecule has 1 unspecified atom stereocenters. The van der Waals surface area contributed by atoms with Gasteiger partial charge in [-0.05, 0) is 0 Å². The van der Waals surface area contributed by atoms with Crippen LogP contribution in [-0.4, -0.2) is 6.19 Å². The molecule has 0 nitrogen and oxygen atoms in total. The fourth-order valence-electron chi connectivity index (χ4n) is 3.85. The third-order valence-corrected chi connectivity index (χ3v) is 33.5. The van der Waals surface area contributed by atoms with Crippen LogP contribution in [0.3, 0.4) is 0 Å². The summed E-state index contributed by atoms with van der Waals surface area (Å²) in [6.45, 7) is 5.10. The third kappa shape index (κ3) is 1.83. The van der Waals surface area contributed by atoms with E-state index in [1.807, 2.05) is 0 Å². The monoisotopic (exact) mass is 316 g/mol. The Hall–Kier alpha value is -0.629. The number of allylic oxidation sites excluding steroid dienone is 5. The molecule has 0 aromatic heterocycles. The third-order valence-electron chi connectivity index (χ3n) is 6.03. The number of rotatable bonds is 2. The van der Waals surface area contributed by atoms with Gasteiger partial charge in [0.25, 0.3) is 0 Å². The molecule has 2 aliphatic rings. The molecule has 0 amide bonds. The maximum atomic E-state index is 2.70. The van der Waals surface area contributed by atoms with Crippen molar-refractivity contribution >= 4 is 12.3 Å². The summed E-state index contributed by atoms with van der Waals surface area (Å²) in [5.74, 6) is 0. The van der Waals surface area contributed by atoms with E-state index in [0.717, 1.165) is 0 Å². The number of hydrogen-bond donors (Lipinski definition) is 0. The van der Waals surface area contributed by atoms with Crippen molar-refractivity contribution in [3.63, 3.8) is 0 Å². The van der Waals surface area contributed by atoms with Crippen LogP contribution >= 0.6 is 0 Å². The molecule has 0 saturated heterocycles. The van der Waals surface area contributed by atoms with Gasteiger partial charge >= 0.3 is 124 Å². The summed E-state index contributed by atoms with van der Waals surface area (Å²) in [5.41, 5.74) is 3.04. The molecule has 0 aliphatic heterocycles. The molecule has 0 spiro atoms. The first-order valence-corrected chi connectivity index (χ1v) is 17.2. The van der Waals surface area contributed by atoms with Crippen molar-refractivity contribution in [1.82, 2.24) is 0 Å². The Bertz CT molecular complexity index is 722. The van der Waals surface area contributed by atoms with E-state index >= 15 is 0 Å². The van der Waals surface area contributed by atoms with Crippen molar-refractivity contribution in [3.8, 4) is 0 Å². The Labute approximate surface area is 124 Å². The van der Waals surface area contributed by atoms with Crippen LogP contribution in [-0.2, 0) is 14.0 Å². The van der Waals surface area contributed by atoms with Crippen molar-refractivity contribution in [1.29, 1.82) is 0 Å². The Morgan fingerprint density at radius 1 is 1.15 bits per heavy atom. The summed E-state index contributed by atoms with van der Waals surface area (Å²) < 4.78 is 2.49. The van der Waals surface area contributed by atoms with Gasteiger partial charge in [-0.3, -0.25) is 0 Å². The summed E-state index contributed by atoms with van der Waals surface area (Å²) in [6, 6.07) is 9.02. The summed E-state index contributed by atoms with van der Waals surface area (Å²) in [4.78, 5) is 0. The minimum absolute atomic E-state index is 0.345. The van der Waals surface area contributed by atoms with E-state index in [-0.39, 0.29) is 6.19 Å². The zero-order chi connectivity index (χ0) is 14.4. The molecular weight excluding hydrogens is 292 g/mol. The van der Waals surface area contributed by atoms with Gasteiger partial charge in [-0.15, -0.1) is 0 Å². The molecule has 0 N–H and O–H groups in total. The summed E-state index contributed by atoms with van der Waals surface area (Å²) in [6.07, 6.45) is 12.8. The Kier molecular flexibility index (Phi) is 3.36. The van der Waals surface area contributed by atoms with Crippen LogP contribution in [0.4, 0.5) is 0 Å². The van der Waals surface area contributed by atoms with Gasteiger partial charge in [-0.2, -0.15) is 0 Å². The average molecular weight is 316 g/mol. The second-order valence-electron chi connectivity index (χ2n) is 7.28. The van der Waals surface area contributed by atoms with Crippen LogP contribution in [0.2, 0.25) is 23.6 Å². The fourth-order valence-corrected chi connectivity index (χ4v) is 18.5. The van der Waals surface area contributed by atoms with E-state index in [0.29, 0.717) is 4.22 Å². The topological polar surface area (TPSA) is 0 Å². The molecule has 20 heavy (non-hydrogen) atoms. The van der Waals surface area contributed by atoms with E-state index < -0.39 is 14.0 Å². The summed E-state index contributed by atoms with van der Waals surface area (Å²) >= 11 is -2.71. The molecule has 1 aromatic carbocycles. The van der Waals surface area contributed by atoms with Gasteiger partial charge in [0.2, 0.25) is 0 Å². The van der Waals surface area contributed by atoms with E-state index in [2.05, 4.69) is 78.2 Å². The van der Waals surface area contributed by atoms with Crippen LogP contribution in [0.1, 0.15) is 21.8 Å². The van der Waals surface area contributed by atoms with Crippen LogP contribution in [0, 0.1) is 0 Å². The molecule has 0 heterocycles. The molecule has 1 aromatic rings. The molecule has 3 rings (SSSR count). The quantitative estimate of drug-likeness (QED) is 0.620. The molecule has 1 atom stereocenters. The van der Waals surface area contributed by atoms with Crippen molar-refractivity contribution in [2.45, 2.75) is 34.2 Å². The van der Waals surface area contributed by atoms with Crippen molar-refractivity contribution in [2.24, 2.45) is 0 Å². The van der Waals surface area contributed by atoms with Crippen molar-refractivity contribution in [3.05, 3.63) is 63.6 Å². The molecular formula is C18H24SiTi. The van der Waals surface area contributed by atoms with Crippen molar-refractivity contribution in [2.75, 3.05) is 0 Å². The Morgan fingerprint density at radius 3 is 2.55 bits per heavy atom.